The molecule has 176 valence electrons. The Bertz CT molecular complexity index is 1040. The van der Waals surface area contributed by atoms with Crippen LogP contribution < -0.4 is 4.74 Å². The van der Waals surface area contributed by atoms with Crippen LogP contribution in [0.1, 0.15) is 47.1 Å². The molecule has 2 heterocycles. The summed E-state index contributed by atoms with van der Waals surface area (Å²) in [7, 11) is 1.63. The van der Waals surface area contributed by atoms with Gasteiger partial charge < -0.3 is 19.6 Å². The maximum atomic E-state index is 13.6. The summed E-state index contributed by atoms with van der Waals surface area (Å²) >= 11 is 0. The van der Waals surface area contributed by atoms with Gasteiger partial charge in [0.1, 0.15) is 17.5 Å². The quantitative estimate of drug-likeness (QED) is 0.723. The van der Waals surface area contributed by atoms with Crippen molar-refractivity contribution in [2.45, 2.75) is 32.9 Å². The SMILES string of the molecule is C/C=C/c1cnc2c(c1)C(=O)N([C@H](C)CO)C[C@@H](C)[C@@H](CN(C)C(=O)c1cccc(F)c1)O2. The lowest BCUT2D eigenvalue weighted by molar-refractivity contribution is 0.0313. The van der Waals surface area contributed by atoms with E-state index in [1.807, 2.05) is 26.0 Å². The maximum absolute atomic E-state index is 13.6. The van der Waals surface area contributed by atoms with Crippen LogP contribution >= 0.6 is 0 Å². The van der Waals surface area contributed by atoms with Gasteiger partial charge in [-0.2, -0.15) is 0 Å². The molecular formula is C25H30FN3O4. The fourth-order valence-electron chi connectivity index (χ4n) is 3.81. The first-order chi connectivity index (χ1) is 15.7. The molecule has 1 aliphatic heterocycles. The Kier molecular flexibility index (Phi) is 7.81. The molecule has 1 aliphatic rings. The molecule has 33 heavy (non-hydrogen) atoms. The number of rotatable bonds is 6. The molecule has 0 spiro atoms. The lowest BCUT2D eigenvalue weighted by atomic mass is 9.99. The van der Waals surface area contributed by atoms with Crippen LogP contribution in [0.5, 0.6) is 5.88 Å². The minimum absolute atomic E-state index is 0.170. The first-order valence-corrected chi connectivity index (χ1v) is 11.0. The predicted molar refractivity (Wildman–Crippen MR) is 123 cm³/mol. The van der Waals surface area contributed by atoms with Gasteiger partial charge >= 0.3 is 0 Å². The molecule has 3 rings (SSSR count). The van der Waals surface area contributed by atoms with Crippen molar-refractivity contribution in [3.05, 3.63) is 65.1 Å². The van der Waals surface area contributed by atoms with Crippen molar-refractivity contribution >= 4 is 17.9 Å². The van der Waals surface area contributed by atoms with Crippen LogP contribution in [-0.2, 0) is 0 Å². The van der Waals surface area contributed by atoms with E-state index in [0.717, 1.165) is 5.56 Å². The van der Waals surface area contributed by atoms with Crippen molar-refractivity contribution in [3.8, 4) is 5.88 Å². The molecule has 0 fully saturated rings. The van der Waals surface area contributed by atoms with Crippen molar-refractivity contribution in [1.29, 1.82) is 0 Å². The average Bonchev–Trinajstić information content (AvgIpc) is 2.80. The fraction of sp³-hybridized carbons (Fsp3) is 0.400. The van der Waals surface area contributed by atoms with Crippen LogP contribution in [0.4, 0.5) is 4.39 Å². The number of halogens is 1. The van der Waals surface area contributed by atoms with Gasteiger partial charge in [-0.05, 0) is 43.7 Å². The number of aliphatic hydroxyl groups excluding tert-OH is 1. The monoisotopic (exact) mass is 455 g/mol. The van der Waals surface area contributed by atoms with Crippen LogP contribution in [0, 0.1) is 11.7 Å². The van der Waals surface area contributed by atoms with Gasteiger partial charge in [0.05, 0.1) is 19.2 Å². The number of carbonyl (C=O) groups is 2. The number of hydrogen-bond donors (Lipinski definition) is 1. The summed E-state index contributed by atoms with van der Waals surface area (Å²) in [5.41, 5.74) is 1.31. The van der Waals surface area contributed by atoms with Gasteiger partial charge in [-0.3, -0.25) is 9.59 Å². The Morgan fingerprint density at radius 3 is 2.85 bits per heavy atom. The lowest BCUT2D eigenvalue weighted by Crippen LogP contribution is -2.50. The summed E-state index contributed by atoms with van der Waals surface area (Å²) in [5, 5.41) is 9.74. The van der Waals surface area contributed by atoms with Crippen LogP contribution in [0.3, 0.4) is 0 Å². The van der Waals surface area contributed by atoms with Gasteiger partial charge in [-0.15, -0.1) is 0 Å². The maximum Gasteiger partial charge on any atom is 0.259 e. The highest BCUT2D eigenvalue weighted by molar-refractivity contribution is 5.97. The molecule has 0 radical (unpaired) electrons. The van der Waals surface area contributed by atoms with E-state index in [1.165, 1.54) is 23.1 Å². The molecule has 1 aromatic carbocycles. The van der Waals surface area contributed by atoms with E-state index in [-0.39, 0.29) is 42.3 Å². The van der Waals surface area contributed by atoms with Gasteiger partial charge in [0, 0.05) is 31.3 Å². The minimum Gasteiger partial charge on any atom is -0.472 e. The highest BCUT2D eigenvalue weighted by Gasteiger charge is 2.34. The number of amides is 2. The first-order valence-electron chi connectivity index (χ1n) is 11.0. The number of allylic oxidation sites excluding steroid dienone is 1. The standard InChI is InChI=1S/C25H30FN3O4/c1-5-7-18-10-21-23(27-12-18)33-22(16(2)13-29(25(21)32)17(3)15-30)14-28(4)24(31)19-8-6-9-20(26)11-19/h5-12,16-17,22,30H,13-15H2,1-4H3/b7-5+/t16-,17-,22-/m1/s1. The number of benzene rings is 1. The predicted octanol–water partition coefficient (Wildman–Crippen LogP) is 3.25. The first kappa shape index (κ1) is 24.4. The zero-order chi connectivity index (χ0) is 24.1. The van der Waals surface area contributed by atoms with Crippen molar-refractivity contribution in [2.75, 3.05) is 26.7 Å². The number of pyridine rings is 1. The van der Waals surface area contributed by atoms with E-state index >= 15 is 0 Å². The molecule has 0 unspecified atom stereocenters. The summed E-state index contributed by atoms with van der Waals surface area (Å²) in [6, 6.07) is 6.86. The second-order valence-electron chi connectivity index (χ2n) is 8.44. The topological polar surface area (TPSA) is 83.0 Å². The van der Waals surface area contributed by atoms with E-state index in [0.29, 0.717) is 12.1 Å². The number of aliphatic hydroxyl groups is 1. The van der Waals surface area contributed by atoms with E-state index in [1.54, 1.807) is 37.2 Å². The highest BCUT2D eigenvalue weighted by Crippen LogP contribution is 2.28. The van der Waals surface area contributed by atoms with Gasteiger partial charge in [-0.25, -0.2) is 9.37 Å². The zero-order valence-electron chi connectivity index (χ0n) is 19.4. The molecule has 3 atom stereocenters. The Hall–Kier alpha value is -3.26. The number of nitrogens with zero attached hydrogens (tertiary/aromatic N) is 3. The Balaban J connectivity index is 1.93. The van der Waals surface area contributed by atoms with Crippen molar-refractivity contribution in [3.63, 3.8) is 0 Å². The molecule has 0 bridgehead atoms. The van der Waals surface area contributed by atoms with E-state index < -0.39 is 18.0 Å². The van der Waals surface area contributed by atoms with E-state index in [9.17, 15) is 19.1 Å². The number of aromatic nitrogens is 1. The Morgan fingerprint density at radius 1 is 1.42 bits per heavy atom. The molecule has 1 aromatic heterocycles. The van der Waals surface area contributed by atoms with Crippen molar-refractivity contribution < 1.29 is 23.8 Å². The van der Waals surface area contributed by atoms with E-state index in [2.05, 4.69) is 4.98 Å². The van der Waals surface area contributed by atoms with Crippen molar-refractivity contribution in [1.82, 2.24) is 14.8 Å². The largest absolute Gasteiger partial charge is 0.472 e. The third-order valence-electron chi connectivity index (χ3n) is 5.77. The van der Waals surface area contributed by atoms with Crippen LogP contribution in [0.25, 0.3) is 6.08 Å². The van der Waals surface area contributed by atoms with Crippen LogP contribution in [0.15, 0.2) is 42.6 Å². The summed E-state index contributed by atoms with van der Waals surface area (Å²) in [6.45, 7) is 5.95. The molecule has 0 saturated carbocycles. The Labute approximate surface area is 193 Å². The Morgan fingerprint density at radius 2 is 2.18 bits per heavy atom. The van der Waals surface area contributed by atoms with Crippen molar-refractivity contribution in [2.24, 2.45) is 5.92 Å². The number of ether oxygens (including phenoxy) is 1. The molecule has 0 aliphatic carbocycles. The summed E-state index contributed by atoms with van der Waals surface area (Å²) in [4.78, 5) is 33.6. The van der Waals surface area contributed by atoms with Gasteiger partial charge in [0.15, 0.2) is 0 Å². The summed E-state index contributed by atoms with van der Waals surface area (Å²) < 4.78 is 19.8. The summed E-state index contributed by atoms with van der Waals surface area (Å²) in [6.07, 6.45) is 4.83. The second kappa shape index (κ2) is 10.6. The third-order valence-corrected chi connectivity index (χ3v) is 5.77. The molecule has 0 saturated heterocycles. The lowest BCUT2D eigenvalue weighted by Gasteiger charge is -2.37. The third kappa shape index (κ3) is 5.57. The van der Waals surface area contributed by atoms with E-state index in [4.69, 9.17) is 4.74 Å². The molecule has 2 aromatic rings. The van der Waals surface area contributed by atoms with Crippen LogP contribution in [-0.4, -0.2) is 70.6 Å². The minimum atomic E-state index is -0.480. The molecule has 8 heteroatoms. The summed E-state index contributed by atoms with van der Waals surface area (Å²) in [5.74, 6) is -1.06. The smallest absolute Gasteiger partial charge is 0.259 e. The average molecular weight is 456 g/mol. The normalized spacial score (nSPS) is 19.5. The number of likely N-dealkylation sites (N-methyl/N-ethyl adjacent to an activating group) is 1. The highest BCUT2D eigenvalue weighted by atomic mass is 19.1. The number of hydrogen-bond acceptors (Lipinski definition) is 5. The van der Waals surface area contributed by atoms with Gasteiger partial charge in [0.2, 0.25) is 5.88 Å². The van der Waals surface area contributed by atoms with Crippen LogP contribution in [0.2, 0.25) is 0 Å². The number of carbonyl (C=O) groups excluding carboxylic acids is 2. The zero-order valence-corrected chi connectivity index (χ0v) is 19.4. The molecule has 1 N–H and O–H groups in total. The molecule has 2 amide bonds. The van der Waals surface area contributed by atoms with Gasteiger partial charge in [-0.1, -0.05) is 25.1 Å². The number of fused-ring (bicyclic) bond motifs is 1. The van der Waals surface area contributed by atoms with Gasteiger partial charge in [0.25, 0.3) is 11.8 Å². The molecular weight excluding hydrogens is 425 g/mol. The fourth-order valence-corrected chi connectivity index (χ4v) is 3.81. The second-order valence-corrected chi connectivity index (χ2v) is 8.44. The molecule has 7 nitrogen and oxygen atoms in total.